The first kappa shape index (κ1) is 20.2. The van der Waals surface area contributed by atoms with Crippen molar-refractivity contribution in [2.24, 2.45) is 4.99 Å². The predicted octanol–water partition coefficient (Wildman–Crippen LogP) is 6.08. The van der Waals surface area contributed by atoms with Crippen molar-refractivity contribution in [1.29, 1.82) is 0 Å². The van der Waals surface area contributed by atoms with E-state index in [-0.39, 0.29) is 5.83 Å². The zero-order chi connectivity index (χ0) is 17.4. The van der Waals surface area contributed by atoms with Crippen molar-refractivity contribution in [3.63, 3.8) is 0 Å². The van der Waals surface area contributed by atoms with Crippen LogP contribution in [0.4, 0.5) is 4.39 Å². The molecule has 0 amide bonds. The molecule has 0 aromatic carbocycles. The second kappa shape index (κ2) is 8.86. The van der Waals surface area contributed by atoms with Gasteiger partial charge in [-0.05, 0) is 79.7 Å². The van der Waals surface area contributed by atoms with E-state index in [4.69, 9.17) is 0 Å². The summed E-state index contributed by atoms with van der Waals surface area (Å²) in [6, 6.07) is 0. The molecule has 0 aromatic heterocycles. The Morgan fingerprint density at radius 2 is 1.87 bits per heavy atom. The fourth-order valence-corrected chi connectivity index (χ4v) is 9.81. The highest BCUT2D eigenvalue weighted by molar-refractivity contribution is 8.49. The third-order valence-corrected chi connectivity index (χ3v) is 12.6. The third-order valence-electron chi connectivity index (χ3n) is 5.52. The highest BCUT2D eigenvalue weighted by Gasteiger charge is 2.34. The van der Waals surface area contributed by atoms with Crippen LogP contribution in [0, 0.1) is 0 Å². The minimum absolute atomic E-state index is 0.00544. The van der Waals surface area contributed by atoms with Gasteiger partial charge in [-0.25, -0.2) is 4.39 Å². The molecule has 0 atom stereocenters. The molecular weight excluding hydrogens is 305 g/mol. The molecule has 0 bridgehead atoms. The molecule has 134 valence electrons. The van der Waals surface area contributed by atoms with Crippen LogP contribution < -0.4 is 0 Å². The number of thiol groups is 1. The first-order chi connectivity index (χ1) is 10.9. The number of rotatable bonds is 10. The Bertz CT molecular complexity index is 496. The highest BCUT2D eigenvalue weighted by atomic mass is 32.3. The first-order valence-electron chi connectivity index (χ1n) is 9.08. The second-order valence-electron chi connectivity index (χ2n) is 7.55. The van der Waals surface area contributed by atoms with E-state index >= 15 is 0 Å². The monoisotopic (exact) mass is 341 g/mol. The molecule has 0 saturated carbocycles. The van der Waals surface area contributed by atoms with Crippen LogP contribution in [0.25, 0.3) is 0 Å². The molecule has 0 saturated heterocycles. The van der Waals surface area contributed by atoms with E-state index in [1.165, 1.54) is 35.7 Å². The number of aliphatic imine (C=N–C) groups is 1. The lowest BCUT2D eigenvalue weighted by Gasteiger charge is -2.59. The van der Waals surface area contributed by atoms with Gasteiger partial charge in [0.25, 0.3) is 0 Å². The van der Waals surface area contributed by atoms with E-state index in [0.29, 0.717) is 6.42 Å². The summed E-state index contributed by atoms with van der Waals surface area (Å²) >= 11 is 0. The van der Waals surface area contributed by atoms with E-state index in [1.807, 2.05) is 12.2 Å². The molecule has 0 spiro atoms. The normalized spacial score (nSPS) is 18.0. The quantitative estimate of drug-likeness (QED) is 0.365. The van der Waals surface area contributed by atoms with E-state index in [2.05, 4.69) is 38.7 Å². The number of allylic oxidation sites excluding steroid dienone is 4. The lowest BCUT2D eigenvalue weighted by Crippen LogP contribution is -2.31. The third kappa shape index (κ3) is 5.63. The van der Waals surface area contributed by atoms with Crippen molar-refractivity contribution < 1.29 is 4.39 Å². The van der Waals surface area contributed by atoms with Crippen LogP contribution in [0.1, 0.15) is 52.9 Å². The van der Waals surface area contributed by atoms with Crippen molar-refractivity contribution in [3.8, 4) is 0 Å². The number of halogens is 1. The molecule has 3 heteroatoms. The molecule has 0 heterocycles. The molecule has 0 N–H and O–H groups in total. The fraction of sp³-hybridized carbons (Fsp3) is 0.650. The maximum Gasteiger partial charge on any atom is 0.122 e. The minimum atomic E-state index is -1.72. The smallest absolute Gasteiger partial charge is 0.122 e. The Morgan fingerprint density at radius 3 is 2.35 bits per heavy atom. The standard InChI is InChI=1S/C20H36FNS/c1-6-14-23(5,8-3,15-7-2)17-18-11-12-19(20(21)16-18)10-9-13-22-4/h9,13,16,23H,4,6-8,10-12,14-15,17H2,1-3,5H3/b13-9-. The number of hydrogen-bond donors (Lipinski definition) is 1. The van der Waals surface area contributed by atoms with Crippen LogP contribution >= 0.6 is 9.16 Å². The first-order valence-corrected chi connectivity index (χ1v) is 12.5. The molecule has 1 rings (SSSR count). The van der Waals surface area contributed by atoms with Crippen LogP contribution in [-0.2, 0) is 0 Å². The lowest BCUT2D eigenvalue weighted by atomic mass is 9.96. The van der Waals surface area contributed by atoms with Crippen LogP contribution in [0.15, 0.2) is 40.3 Å². The van der Waals surface area contributed by atoms with Crippen LogP contribution in [0.5, 0.6) is 0 Å². The zero-order valence-electron chi connectivity index (χ0n) is 15.6. The molecule has 1 aliphatic carbocycles. The Hall–Kier alpha value is -0.830. The minimum Gasteiger partial charge on any atom is -0.282 e. The van der Waals surface area contributed by atoms with Crippen LogP contribution in [0.3, 0.4) is 0 Å². The van der Waals surface area contributed by atoms with Gasteiger partial charge in [-0.2, -0.15) is 0 Å². The van der Waals surface area contributed by atoms with Gasteiger partial charge in [0.05, 0.1) is 0 Å². The Labute approximate surface area is 143 Å². The van der Waals surface area contributed by atoms with E-state index in [0.717, 1.165) is 24.2 Å². The van der Waals surface area contributed by atoms with E-state index in [9.17, 15) is 4.39 Å². The lowest BCUT2D eigenvalue weighted by molar-refractivity contribution is 0.625. The largest absolute Gasteiger partial charge is 0.282 e. The second-order valence-corrected chi connectivity index (χ2v) is 14.6. The molecule has 0 unspecified atom stereocenters. The van der Waals surface area contributed by atoms with Crippen molar-refractivity contribution in [1.82, 2.24) is 0 Å². The highest BCUT2D eigenvalue weighted by Crippen LogP contribution is 2.68. The van der Waals surface area contributed by atoms with Crippen molar-refractivity contribution >= 4 is 15.9 Å². The van der Waals surface area contributed by atoms with Gasteiger partial charge in [0.2, 0.25) is 0 Å². The van der Waals surface area contributed by atoms with Gasteiger partial charge in [0.15, 0.2) is 0 Å². The summed E-state index contributed by atoms with van der Waals surface area (Å²) in [6.07, 6.45) is 13.0. The molecule has 0 radical (unpaired) electrons. The van der Waals surface area contributed by atoms with Crippen molar-refractivity contribution in [2.75, 3.05) is 29.3 Å². The maximum absolute atomic E-state index is 14.4. The summed E-state index contributed by atoms with van der Waals surface area (Å²) in [7, 11) is -1.72. The zero-order valence-corrected chi connectivity index (χ0v) is 16.5. The summed E-state index contributed by atoms with van der Waals surface area (Å²) in [5, 5.41) is 0. The van der Waals surface area contributed by atoms with Crippen molar-refractivity contribution in [2.45, 2.75) is 52.9 Å². The van der Waals surface area contributed by atoms with E-state index in [1.54, 1.807) is 6.20 Å². The van der Waals surface area contributed by atoms with Gasteiger partial charge in [-0.3, -0.25) is 14.2 Å². The van der Waals surface area contributed by atoms with Crippen LogP contribution in [-0.4, -0.2) is 36.0 Å². The Balaban J connectivity index is 2.96. The maximum atomic E-state index is 14.4. The topological polar surface area (TPSA) is 12.4 Å². The van der Waals surface area contributed by atoms with Gasteiger partial charge in [0, 0.05) is 6.20 Å². The number of nitrogens with zero attached hydrogens (tertiary/aromatic N) is 1. The van der Waals surface area contributed by atoms with Gasteiger partial charge in [-0.15, -0.1) is 0 Å². The summed E-state index contributed by atoms with van der Waals surface area (Å²) in [5.41, 5.74) is 2.26. The van der Waals surface area contributed by atoms with Gasteiger partial charge in [-0.1, -0.05) is 32.4 Å². The van der Waals surface area contributed by atoms with Gasteiger partial charge < -0.3 is 0 Å². The summed E-state index contributed by atoms with van der Waals surface area (Å²) in [6.45, 7) is 10.4. The van der Waals surface area contributed by atoms with Crippen molar-refractivity contribution in [3.05, 3.63) is 35.3 Å². The molecule has 1 aliphatic rings. The average molecular weight is 342 g/mol. The molecular formula is C20H36FNS. The fourth-order valence-electron chi connectivity index (χ4n) is 4.11. The summed E-state index contributed by atoms with van der Waals surface area (Å²) in [4.78, 5) is 3.68. The molecule has 1 nitrogen and oxygen atoms in total. The summed E-state index contributed by atoms with van der Waals surface area (Å²) in [5.74, 6) is 5.14. The predicted molar refractivity (Wildman–Crippen MR) is 109 cm³/mol. The molecule has 23 heavy (non-hydrogen) atoms. The summed E-state index contributed by atoms with van der Waals surface area (Å²) < 4.78 is 14.4. The molecule has 0 fully saturated rings. The van der Waals surface area contributed by atoms with Crippen LogP contribution in [0.2, 0.25) is 0 Å². The Kier molecular flexibility index (Phi) is 7.79. The number of hydrogen-bond acceptors (Lipinski definition) is 1. The van der Waals surface area contributed by atoms with Gasteiger partial charge in [0.1, 0.15) is 5.83 Å². The average Bonchev–Trinajstić information content (AvgIpc) is 2.50. The molecule has 0 aliphatic heterocycles. The van der Waals surface area contributed by atoms with Gasteiger partial charge >= 0.3 is 0 Å². The SMILES string of the molecule is C=N/C=C\CC1=C(F)C=C(C[SH](C)(CC)(CCC)CCC)CC1. The van der Waals surface area contributed by atoms with E-state index < -0.39 is 9.16 Å². The molecule has 0 aromatic rings. The Morgan fingerprint density at radius 1 is 1.22 bits per heavy atom.